The molecule has 160 valence electrons. The largest absolute Gasteiger partial charge is 0.497 e. The molecule has 1 aliphatic heterocycles. The molecule has 0 radical (unpaired) electrons. The minimum Gasteiger partial charge on any atom is -0.497 e. The van der Waals surface area contributed by atoms with Gasteiger partial charge in [0.15, 0.2) is 5.82 Å². The molecule has 0 saturated carbocycles. The molecule has 0 amide bonds. The quantitative estimate of drug-likeness (QED) is 0.448. The van der Waals surface area contributed by atoms with Crippen LogP contribution in [-0.4, -0.2) is 50.1 Å². The lowest BCUT2D eigenvalue weighted by atomic mass is 10.1. The predicted molar refractivity (Wildman–Crippen MR) is 125 cm³/mol. The first-order chi connectivity index (χ1) is 15.8. The zero-order chi connectivity index (χ0) is 21.5. The van der Waals surface area contributed by atoms with E-state index in [4.69, 9.17) is 9.72 Å². The molecule has 1 aliphatic rings. The van der Waals surface area contributed by atoms with Crippen molar-refractivity contribution in [3.8, 4) is 22.8 Å². The molecule has 1 fully saturated rings. The van der Waals surface area contributed by atoms with E-state index in [0.29, 0.717) is 0 Å². The van der Waals surface area contributed by atoms with Crippen LogP contribution in [0.2, 0.25) is 0 Å². The van der Waals surface area contributed by atoms with Crippen LogP contribution in [0.5, 0.6) is 5.75 Å². The second-order valence-corrected chi connectivity index (χ2v) is 8.32. The van der Waals surface area contributed by atoms with Crippen LogP contribution >= 0.6 is 0 Å². The van der Waals surface area contributed by atoms with Crippen molar-refractivity contribution in [2.24, 2.45) is 0 Å². The Morgan fingerprint density at radius 3 is 2.66 bits per heavy atom. The second-order valence-electron chi connectivity index (χ2n) is 8.32. The number of methoxy groups -OCH3 is 1. The van der Waals surface area contributed by atoms with E-state index in [1.54, 1.807) is 7.11 Å². The number of hydrogen-bond acceptors (Lipinski definition) is 5. The van der Waals surface area contributed by atoms with Crippen LogP contribution in [0, 0.1) is 0 Å². The molecule has 7 heteroatoms. The molecule has 0 aliphatic carbocycles. The van der Waals surface area contributed by atoms with Crippen molar-refractivity contribution in [1.29, 1.82) is 0 Å². The highest BCUT2D eigenvalue weighted by Crippen LogP contribution is 2.27. The van der Waals surface area contributed by atoms with Gasteiger partial charge in [0, 0.05) is 10.9 Å². The Labute approximate surface area is 185 Å². The van der Waals surface area contributed by atoms with E-state index in [-0.39, 0.29) is 0 Å². The second kappa shape index (κ2) is 7.76. The summed E-state index contributed by atoms with van der Waals surface area (Å²) in [6.07, 6.45) is 4.44. The molecule has 1 saturated heterocycles. The number of aromatic nitrogens is 5. The Morgan fingerprint density at radius 1 is 0.938 bits per heavy atom. The van der Waals surface area contributed by atoms with Gasteiger partial charge in [0.1, 0.15) is 11.6 Å². The van der Waals surface area contributed by atoms with Crippen molar-refractivity contribution < 1.29 is 4.74 Å². The molecule has 7 nitrogen and oxygen atoms in total. The van der Waals surface area contributed by atoms with Gasteiger partial charge < -0.3 is 4.74 Å². The predicted octanol–water partition coefficient (Wildman–Crippen LogP) is 4.57. The number of benzene rings is 3. The van der Waals surface area contributed by atoms with Gasteiger partial charge in [-0.3, -0.25) is 10.00 Å². The minimum atomic E-state index is 0.730. The molecule has 0 atom stereocenters. The summed E-state index contributed by atoms with van der Waals surface area (Å²) in [4.78, 5) is 7.13. The summed E-state index contributed by atoms with van der Waals surface area (Å²) in [6, 6.07) is 18.7. The van der Waals surface area contributed by atoms with Gasteiger partial charge in [0.25, 0.3) is 0 Å². The van der Waals surface area contributed by atoms with E-state index in [0.717, 1.165) is 70.0 Å². The maximum Gasteiger partial charge on any atom is 0.181 e. The number of H-pyrrole nitrogens is 1. The van der Waals surface area contributed by atoms with Crippen LogP contribution in [0.1, 0.15) is 18.7 Å². The van der Waals surface area contributed by atoms with Crippen molar-refractivity contribution in [3.05, 3.63) is 66.6 Å². The van der Waals surface area contributed by atoms with Crippen LogP contribution in [-0.2, 0) is 6.54 Å². The molecule has 0 unspecified atom stereocenters. The Hall–Kier alpha value is -3.71. The summed E-state index contributed by atoms with van der Waals surface area (Å²) in [5.41, 5.74) is 3.07. The fourth-order valence-electron chi connectivity index (χ4n) is 4.50. The molecule has 0 spiro atoms. The molecule has 3 aromatic carbocycles. The molecule has 5 aromatic rings. The van der Waals surface area contributed by atoms with Gasteiger partial charge in [0.2, 0.25) is 0 Å². The van der Waals surface area contributed by atoms with E-state index < -0.39 is 0 Å². The number of hydrogen-bond donors (Lipinski definition) is 1. The molecule has 3 heterocycles. The van der Waals surface area contributed by atoms with Crippen molar-refractivity contribution in [3.63, 3.8) is 0 Å². The van der Waals surface area contributed by atoms with Gasteiger partial charge in [-0.2, -0.15) is 10.2 Å². The average Bonchev–Trinajstić information content (AvgIpc) is 3.59. The normalized spacial score (nSPS) is 14.5. The third-order valence-corrected chi connectivity index (χ3v) is 6.21. The third kappa shape index (κ3) is 3.40. The Morgan fingerprint density at radius 2 is 1.78 bits per heavy atom. The fourth-order valence-corrected chi connectivity index (χ4v) is 4.50. The van der Waals surface area contributed by atoms with Crippen molar-refractivity contribution in [2.45, 2.75) is 19.4 Å². The highest BCUT2D eigenvalue weighted by molar-refractivity contribution is 5.88. The number of rotatable bonds is 5. The number of aromatic amines is 1. The smallest absolute Gasteiger partial charge is 0.181 e. The van der Waals surface area contributed by atoms with Gasteiger partial charge in [-0.05, 0) is 79.2 Å². The number of nitrogens with zero attached hydrogens (tertiary/aromatic N) is 5. The average molecular weight is 425 g/mol. The maximum absolute atomic E-state index is 5.33. The lowest BCUT2D eigenvalue weighted by molar-refractivity contribution is 0.323. The first-order valence-corrected chi connectivity index (χ1v) is 11.0. The minimum absolute atomic E-state index is 0.730. The third-order valence-electron chi connectivity index (χ3n) is 6.21. The van der Waals surface area contributed by atoms with Crippen LogP contribution < -0.4 is 4.74 Å². The first kappa shape index (κ1) is 19.0. The topological polar surface area (TPSA) is 71.9 Å². The van der Waals surface area contributed by atoms with Crippen LogP contribution in [0.3, 0.4) is 0 Å². The highest BCUT2D eigenvalue weighted by atomic mass is 16.5. The summed E-state index contributed by atoms with van der Waals surface area (Å²) >= 11 is 0. The molecular formula is C25H24N6O. The van der Waals surface area contributed by atoms with E-state index in [1.165, 1.54) is 12.8 Å². The van der Waals surface area contributed by atoms with Crippen LogP contribution in [0.4, 0.5) is 0 Å². The van der Waals surface area contributed by atoms with E-state index in [2.05, 4.69) is 62.7 Å². The highest BCUT2D eigenvalue weighted by Gasteiger charge is 2.15. The molecule has 6 rings (SSSR count). The van der Waals surface area contributed by atoms with Gasteiger partial charge in [-0.25, -0.2) is 9.67 Å². The summed E-state index contributed by atoms with van der Waals surface area (Å²) in [5, 5.41) is 15.5. The van der Waals surface area contributed by atoms with Crippen molar-refractivity contribution >= 4 is 21.7 Å². The Kier molecular flexibility index (Phi) is 4.61. The first-order valence-electron chi connectivity index (χ1n) is 11.0. The summed E-state index contributed by atoms with van der Waals surface area (Å²) < 4.78 is 7.30. The fraction of sp³-hybridized carbons (Fsp3) is 0.240. The standard InChI is InChI=1S/C25H24N6O/c1-32-22-8-5-17-13-21(7-4-18(17)14-22)31-23-9-6-19(12-20(23)15-26-31)25-27-24(28-29-25)16-30-10-2-3-11-30/h4-9,12-15H,2-3,10-11,16H2,1H3,(H,27,28,29). The van der Waals surface area contributed by atoms with Gasteiger partial charge in [-0.1, -0.05) is 12.1 Å². The Balaban J connectivity index is 1.30. The molecule has 32 heavy (non-hydrogen) atoms. The van der Waals surface area contributed by atoms with Gasteiger partial charge in [0.05, 0.1) is 31.1 Å². The molecular weight excluding hydrogens is 400 g/mol. The molecule has 1 N–H and O–H groups in total. The maximum atomic E-state index is 5.33. The lowest BCUT2D eigenvalue weighted by Crippen LogP contribution is -2.19. The summed E-state index contributed by atoms with van der Waals surface area (Å²) in [6.45, 7) is 3.12. The van der Waals surface area contributed by atoms with Crippen molar-refractivity contribution in [1.82, 2.24) is 29.9 Å². The summed E-state index contributed by atoms with van der Waals surface area (Å²) in [7, 11) is 1.69. The molecule has 2 aromatic heterocycles. The lowest BCUT2D eigenvalue weighted by Gasteiger charge is -2.11. The zero-order valence-corrected chi connectivity index (χ0v) is 18.0. The Bertz CT molecular complexity index is 1410. The van der Waals surface area contributed by atoms with Crippen LogP contribution in [0.25, 0.3) is 38.8 Å². The zero-order valence-electron chi connectivity index (χ0n) is 18.0. The molecule has 0 bridgehead atoms. The van der Waals surface area contributed by atoms with Crippen LogP contribution in [0.15, 0.2) is 60.8 Å². The van der Waals surface area contributed by atoms with Gasteiger partial charge in [-0.15, -0.1) is 0 Å². The van der Waals surface area contributed by atoms with E-state index in [9.17, 15) is 0 Å². The summed E-state index contributed by atoms with van der Waals surface area (Å²) in [5.74, 6) is 2.51. The number of likely N-dealkylation sites (tertiary alicyclic amines) is 1. The van der Waals surface area contributed by atoms with E-state index >= 15 is 0 Å². The van der Waals surface area contributed by atoms with Crippen molar-refractivity contribution in [2.75, 3.05) is 20.2 Å². The van der Waals surface area contributed by atoms with E-state index in [1.807, 2.05) is 23.0 Å². The number of nitrogens with one attached hydrogen (secondary N) is 1. The number of fused-ring (bicyclic) bond motifs is 2. The monoisotopic (exact) mass is 424 g/mol. The van der Waals surface area contributed by atoms with Gasteiger partial charge >= 0.3 is 0 Å². The SMILES string of the molecule is COc1ccc2cc(-n3ncc4cc(-c5n[nH]c(CN6CCCC6)n5)ccc43)ccc2c1. The number of ether oxygens (including phenoxy) is 1.